The maximum absolute atomic E-state index is 12.8. The van der Waals surface area contributed by atoms with Gasteiger partial charge in [0, 0.05) is 0 Å². The van der Waals surface area contributed by atoms with Crippen LogP contribution in [-0.4, -0.2) is 15.5 Å². The first-order chi connectivity index (χ1) is 6.46. The van der Waals surface area contributed by atoms with Gasteiger partial charge in [-0.25, -0.2) is 8.57 Å². The second-order valence-corrected chi connectivity index (χ2v) is 3.53. The van der Waals surface area contributed by atoms with E-state index in [1.165, 1.54) is 0 Å². The average Bonchev–Trinajstić information content (AvgIpc) is 2.13. The van der Waals surface area contributed by atoms with E-state index >= 15 is 0 Å². The zero-order valence-corrected chi connectivity index (χ0v) is 7.85. The predicted octanol–water partition coefficient (Wildman–Crippen LogP) is 1.23. The van der Waals surface area contributed by atoms with Gasteiger partial charge in [-0.15, -0.1) is 0 Å². The van der Waals surface area contributed by atoms with E-state index in [9.17, 15) is 17.2 Å². The van der Waals surface area contributed by atoms with E-state index < -0.39 is 27.8 Å². The van der Waals surface area contributed by atoms with Crippen molar-refractivity contribution in [2.45, 2.75) is 0 Å². The normalized spacial score (nSPS) is 11.4. The van der Waals surface area contributed by atoms with Gasteiger partial charge in [0.15, 0.2) is 11.6 Å². The van der Waals surface area contributed by atoms with Crippen molar-refractivity contribution in [3.63, 3.8) is 0 Å². The molecule has 0 atom stereocenters. The van der Waals surface area contributed by atoms with Crippen molar-refractivity contribution in [1.29, 1.82) is 0 Å². The van der Waals surface area contributed by atoms with Crippen LogP contribution in [-0.2, 0) is 14.6 Å². The third kappa shape index (κ3) is 2.39. The Morgan fingerprint density at radius 1 is 1.29 bits per heavy atom. The van der Waals surface area contributed by atoms with Gasteiger partial charge in [0.25, 0.3) is 0 Å². The van der Waals surface area contributed by atoms with Crippen molar-refractivity contribution in [3.05, 3.63) is 29.8 Å². The lowest BCUT2D eigenvalue weighted by atomic mass is 10.3. The Morgan fingerprint density at radius 2 is 1.93 bits per heavy atom. The summed E-state index contributed by atoms with van der Waals surface area (Å²) in [5.74, 6) is -3.33. The average molecular weight is 224 g/mol. The number of halogens is 2. The molecule has 0 saturated carbocycles. The second kappa shape index (κ2) is 3.89. The second-order valence-electron chi connectivity index (χ2n) is 2.21. The molecular formula is C7H6F2O4S. The molecule has 0 bridgehead atoms. The van der Waals surface area contributed by atoms with Crippen LogP contribution in [0.4, 0.5) is 8.78 Å². The summed E-state index contributed by atoms with van der Waals surface area (Å²) in [6.45, 7) is 0. The smallest absolute Gasteiger partial charge is 0.358 e. The first-order valence-electron chi connectivity index (χ1n) is 3.40. The Balaban J connectivity index is 3.05. The summed E-state index contributed by atoms with van der Waals surface area (Å²) in [4.78, 5) is 0. The van der Waals surface area contributed by atoms with E-state index in [1.807, 2.05) is 0 Å². The largest absolute Gasteiger partial charge is 0.448 e. The molecular weight excluding hydrogens is 218 g/mol. The molecule has 78 valence electrons. The molecule has 0 aliphatic rings. The molecule has 4 nitrogen and oxygen atoms in total. The number of benzene rings is 1. The van der Waals surface area contributed by atoms with Crippen LogP contribution in [0.3, 0.4) is 0 Å². The Bertz CT molecular complexity index is 429. The van der Waals surface area contributed by atoms with Crippen LogP contribution in [0.1, 0.15) is 0 Å². The van der Waals surface area contributed by atoms with E-state index in [4.69, 9.17) is 0 Å². The molecule has 0 aliphatic heterocycles. The Hall–Kier alpha value is -1.21. The lowest BCUT2D eigenvalue weighted by Gasteiger charge is -2.04. The minimum atomic E-state index is -4.32. The maximum atomic E-state index is 12.8. The fourth-order valence-electron chi connectivity index (χ4n) is 0.692. The number of hydrogen-bond acceptors (Lipinski definition) is 4. The van der Waals surface area contributed by atoms with Crippen LogP contribution in [0.2, 0.25) is 0 Å². The molecule has 0 heterocycles. The van der Waals surface area contributed by atoms with Gasteiger partial charge < -0.3 is 4.18 Å². The summed E-state index contributed by atoms with van der Waals surface area (Å²) >= 11 is 0. The fraction of sp³-hybridized carbons (Fsp3) is 0.143. The molecule has 0 unspecified atom stereocenters. The molecule has 1 aromatic rings. The van der Waals surface area contributed by atoms with Gasteiger partial charge in [0.1, 0.15) is 0 Å². The summed E-state index contributed by atoms with van der Waals surface area (Å²) in [6, 6.07) is 2.91. The van der Waals surface area contributed by atoms with Crippen molar-refractivity contribution >= 4 is 10.4 Å². The zero-order chi connectivity index (χ0) is 10.8. The van der Waals surface area contributed by atoms with Crippen molar-refractivity contribution < 1.29 is 25.6 Å². The standard InChI is InChI=1S/C7H6F2O4S/c1-12-14(10,11)13-6-4-2-3-5(8)7(6)9/h2-4H,1H3. The van der Waals surface area contributed by atoms with Crippen LogP contribution >= 0.6 is 0 Å². The molecule has 0 aromatic heterocycles. The summed E-state index contributed by atoms with van der Waals surface area (Å²) in [6.07, 6.45) is 0. The van der Waals surface area contributed by atoms with Crippen molar-refractivity contribution in [2.24, 2.45) is 0 Å². The van der Waals surface area contributed by atoms with Crippen LogP contribution < -0.4 is 4.18 Å². The molecule has 0 amide bonds. The molecule has 1 rings (SSSR count). The van der Waals surface area contributed by atoms with Gasteiger partial charge >= 0.3 is 10.4 Å². The Labute approximate surface area is 79.4 Å². The lowest BCUT2D eigenvalue weighted by Crippen LogP contribution is -2.11. The molecule has 7 heteroatoms. The summed E-state index contributed by atoms with van der Waals surface area (Å²) in [5, 5.41) is 0. The third-order valence-electron chi connectivity index (χ3n) is 1.31. The first kappa shape index (κ1) is 10.9. The number of hydrogen-bond donors (Lipinski definition) is 0. The molecule has 14 heavy (non-hydrogen) atoms. The molecule has 0 aliphatic carbocycles. The van der Waals surface area contributed by atoms with Crippen LogP contribution in [0.15, 0.2) is 18.2 Å². The first-order valence-corrected chi connectivity index (χ1v) is 4.73. The van der Waals surface area contributed by atoms with Gasteiger partial charge in [-0.1, -0.05) is 6.07 Å². The quantitative estimate of drug-likeness (QED) is 0.775. The number of rotatable bonds is 3. The minimum absolute atomic E-state index is 0.744. The molecule has 0 saturated heterocycles. The monoisotopic (exact) mass is 224 g/mol. The van der Waals surface area contributed by atoms with E-state index in [-0.39, 0.29) is 0 Å². The highest BCUT2D eigenvalue weighted by Crippen LogP contribution is 2.20. The predicted molar refractivity (Wildman–Crippen MR) is 42.9 cm³/mol. The van der Waals surface area contributed by atoms with Gasteiger partial charge in [0.2, 0.25) is 5.82 Å². The van der Waals surface area contributed by atoms with Crippen molar-refractivity contribution in [3.8, 4) is 5.75 Å². The highest BCUT2D eigenvalue weighted by molar-refractivity contribution is 7.82. The van der Waals surface area contributed by atoms with Gasteiger partial charge in [-0.05, 0) is 12.1 Å². The molecule has 0 N–H and O–H groups in total. The molecule has 0 fully saturated rings. The molecule has 0 radical (unpaired) electrons. The Kier molecular flexibility index (Phi) is 3.02. The highest BCUT2D eigenvalue weighted by Gasteiger charge is 2.16. The third-order valence-corrected chi connectivity index (χ3v) is 2.10. The highest BCUT2D eigenvalue weighted by atomic mass is 32.3. The SMILES string of the molecule is COS(=O)(=O)Oc1cccc(F)c1F. The van der Waals surface area contributed by atoms with Crippen molar-refractivity contribution in [1.82, 2.24) is 0 Å². The fourth-order valence-corrected chi connectivity index (χ4v) is 1.11. The van der Waals surface area contributed by atoms with Crippen LogP contribution in [0, 0.1) is 11.6 Å². The van der Waals surface area contributed by atoms with Crippen LogP contribution in [0.5, 0.6) is 5.75 Å². The van der Waals surface area contributed by atoms with Crippen LogP contribution in [0.25, 0.3) is 0 Å². The summed E-state index contributed by atoms with van der Waals surface area (Å²) in [5.41, 5.74) is 0. The lowest BCUT2D eigenvalue weighted by molar-refractivity contribution is 0.322. The summed E-state index contributed by atoms with van der Waals surface area (Å²) in [7, 11) is -3.48. The molecule has 1 aromatic carbocycles. The van der Waals surface area contributed by atoms with Gasteiger partial charge in [-0.3, -0.25) is 0 Å². The van der Waals surface area contributed by atoms with Crippen molar-refractivity contribution in [2.75, 3.05) is 7.11 Å². The van der Waals surface area contributed by atoms with E-state index in [2.05, 4.69) is 8.37 Å². The van der Waals surface area contributed by atoms with E-state index in [0.29, 0.717) is 0 Å². The topological polar surface area (TPSA) is 52.6 Å². The minimum Gasteiger partial charge on any atom is -0.358 e. The van der Waals surface area contributed by atoms with Gasteiger partial charge in [-0.2, -0.15) is 12.8 Å². The van der Waals surface area contributed by atoms with E-state index in [1.54, 1.807) is 0 Å². The summed E-state index contributed by atoms with van der Waals surface area (Å²) < 4.78 is 54.8. The zero-order valence-electron chi connectivity index (χ0n) is 7.03. The molecule has 0 spiro atoms. The Morgan fingerprint density at radius 3 is 2.50 bits per heavy atom. The van der Waals surface area contributed by atoms with Gasteiger partial charge in [0.05, 0.1) is 7.11 Å². The van der Waals surface area contributed by atoms with E-state index in [0.717, 1.165) is 25.3 Å². The maximum Gasteiger partial charge on any atom is 0.448 e.